The summed E-state index contributed by atoms with van der Waals surface area (Å²) in [6, 6.07) is 3.49. The normalized spacial score (nSPS) is 10.1. The van der Waals surface area contributed by atoms with Crippen LogP contribution in [0.1, 0.15) is 17.5 Å². The number of hydrogen-bond donors (Lipinski definition) is 3. The Bertz CT molecular complexity index is 515. The van der Waals surface area contributed by atoms with E-state index in [2.05, 4.69) is 25.8 Å². The van der Waals surface area contributed by atoms with Crippen LogP contribution in [0, 0.1) is 0 Å². The molecule has 0 fully saturated rings. The molecule has 0 aliphatic rings. The molecule has 0 saturated heterocycles. The smallest absolute Gasteiger partial charge is 0.305 e. The molecule has 0 spiro atoms. The van der Waals surface area contributed by atoms with Gasteiger partial charge in [-0.2, -0.15) is 0 Å². The minimum atomic E-state index is -0.520. The number of carbonyl (C=O) groups excluding carboxylic acids is 2. The first kappa shape index (κ1) is 10.1. The standard InChI is InChI=1S/C9H9N5O2/c1-5(15)13-14-9(16)8-11-6-3-2-4-10-7(6)12-8/h2-4H,1H3,(H,13,15)(H,14,16)(H,10,11,12). The molecule has 0 unspecified atom stereocenters. The van der Waals surface area contributed by atoms with Gasteiger partial charge < -0.3 is 4.98 Å². The van der Waals surface area contributed by atoms with Crippen molar-refractivity contribution in [2.24, 2.45) is 0 Å². The van der Waals surface area contributed by atoms with Gasteiger partial charge in [0, 0.05) is 13.1 Å². The number of amides is 2. The number of nitrogens with one attached hydrogen (secondary N) is 3. The molecule has 0 atom stereocenters. The number of fused-ring (bicyclic) bond motifs is 1. The molecule has 2 aromatic rings. The number of aromatic amines is 1. The highest BCUT2D eigenvalue weighted by Crippen LogP contribution is 2.06. The third kappa shape index (κ3) is 1.97. The van der Waals surface area contributed by atoms with E-state index in [0.717, 1.165) is 0 Å². The molecule has 0 aliphatic carbocycles. The molecule has 0 aromatic carbocycles. The summed E-state index contributed by atoms with van der Waals surface area (Å²) in [5.41, 5.74) is 5.49. The van der Waals surface area contributed by atoms with Gasteiger partial charge in [-0.05, 0) is 12.1 Å². The van der Waals surface area contributed by atoms with Crippen molar-refractivity contribution >= 4 is 23.0 Å². The van der Waals surface area contributed by atoms with Crippen molar-refractivity contribution in [1.82, 2.24) is 25.8 Å². The zero-order valence-electron chi connectivity index (χ0n) is 8.44. The van der Waals surface area contributed by atoms with Crippen LogP contribution >= 0.6 is 0 Å². The van der Waals surface area contributed by atoms with Crippen molar-refractivity contribution in [2.75, 3.05) is 0 Å². The molecule has 0 radical (unpaired) electrons. The number of rotatable bonds is 1. The molecule has 7 heteroatoms. The largest absolute Gasteiger partial charge is 0.332 e. The zero-order chi connectivity index (χ0) is 11.5. The lowest BCUT2D eigenvalue weighted by atomic mass is 10.4. The molecule has 0 saturated carbocycles. The maximum absolute atomic E-state index is 11.5. The molecule has 2 amide bonds. The maximum atomic E-state index is 11.5. The van der Waals surface area contributed by atoms with E-state index >= 15 is 0 Å². The fourth-order valence-electron chi connectivity index (χ4n) is 1.16. The first-order valence-electron chi connectivity index (χ1n) is 4.54. The number of hydrogen-bond acceptors (Lipinski definition) is 4. The lowest BCUT2D eigenvalue weighted by Gasteiger charge is -2.01. The first-order chi connectivity index (χ1) is 7.66. The molecular weight excluding hydrogens is 210 g/mol. The first-order valence-corrected chi connectivity index (χ1v) is 4.54. The highest BCUT2D eigenvalue weighted by molar-refractivity contribution is 5.94. The topological polar surface area (TPSA) is 99.8 Å². The second-order valence-corrected chi connectivity index (χ2v) is 3.10. The van der Waals surface area contributed by atoms with E-state index in [0.29, 0.717) is 11.2 Å². The summed E-state index contributed by atoms with van der Waals surface area (Å²) in [6.07, 6.45) is 1.58. The second kappa shape index (κ2) is 3.97. The number of aromatic nitrogens is 3. The van der Waals surface area contributed by atoms with Gasteiger partial charge in [-0.3, -0.25) is 20.4 Å². The van der Waals surface area contributed by atoms with Crippen LogP contribution in [0.25, 0.3) is 11.2 Å². The summed E-state index contributed by atoms with van der Waals surface area (Å²) < 4.78 is 0. The molecule has 2 heterocycles. The van der Waals surface area contributed by atoms with Crippen LogP contribution in [0.2, 0.25) is 0 Å². The third-order valence-electron chi connectivity index (χ3n) is 1.82. The van der Waals surface area contributed by atoms with Crippen molar-refractivity contribution in [1.29, 1.82) is 0 Å². The van der Waals surface area contributed by atoms with Crippen LogP contribution in [-0.4, -0.2) is 26.8 Å². The molecule has 7 nitrogen and oxygen atoms in total. The molecule has 3 N–H and O–H groups in total. The summed E-state index contributed by atoms with van der Waals surface area (Å²) in [5, 5.41) is 0. The monoisotopic (exact) mass is 219 g/mol. The van der Waals surface area contributed by atoms with Crippen molar-refractivity contribution < 1.29 is 9.59 Å². The quantitative estimate of drug-likeness (QED) is 0.575. The predicted octanol–water partition coefficient (Wildman–Crippen LogP) is -0.261. The Hall–Kier alpha value is -2.44. The lowest BCUT2D eigenvalue weighted by Crippen LogP contribution is -2.40. The van der Waals surface area contributed by atoms with Crippen LogP contribution in [0.3, 0.4) is 0 Å². The molecule has 16 heavy (non-hydrogen) atoms. The van der Waals surface area contributed by atoms with Gasteiger partial charge in [0.05, 0.1) is 5.52 Å². The average Bonchev–Trinajstić information content (AvgIpc) is 2.69. The number of nitrogens with zero attached hydrogens (tertiary/aromatic N) is 2. The van der Waals surface area contributed by atoms with Crippen molar-refractivity contribution in [2.45, 2.75) is 6.92 Å². The number of H-pyrrole nitrogens is 1. The van der Waals surface area contributed by atoms with E-state index < -0.39 is 5.91 Å². The Kier molecular flexibility index (Phi) is 2.50. The molecule has 2 rings (SSSR count). The number of imidazole rings is 1. The van der Waals surface area contributed by atoms with E-state index in [4.69, 9.17) is 0 Å². The van der Waals surface area contributed by atoms with Gasteiger partial charge in [0.1, 0.15) is 0 Å². The van der Waals surface area contributed by atoms with E-state index in [9.17, 15) is 9.59 Å². The van der Waals surface area contributed by atoms with Gasteiger partial charge in [-0.25, -0.2) is 9.97 Å². The minimum absolute atomic E-state index is 0.0995. The molecule has 0 aliphatic heterocycles. The summed E-state index contributed by atoms with van der Waals surface area (Å²) in [5.74, 6) is -0.779. The lowest BCUT2D eigenvalue weighted by molar-refractivity contribution is -0.119. The van der Waals surface area contributed by atoms with Crippen molar-refractivity contribution in [3.05, 3.63) is 24.2 Å². The summed E-state index contributed by atoms with van der Waals surface area (Å²) in [6.45, 7) is 1.29. The maximum Gasteiger partial charge on any atom is 0.305 e. The fourth-order valence-corrected chi connectivity index (χ4v) is 1.16. The van der Waals surface area contributed by atoms with Crippen molar-refractivity contribution in [3.8, 4) is 0 Å². The Morgan fingerprint density at radius 1 is 1.38 bits per heavy atom. The second-order valence-electron chi connectivity index (χ2n) is 3.10. The SMILES string of the molecule is CC(=O)NNC(=O)c1nc2ncccc2[nH]1. The summed E-state index contributed by atoms with van der Waals surface area (Å²) >= 11 is 0. The zero-order valence-corrected chi connectivity index (χ0v) is 8.44. The fraction of sp³-hybridized carbons (Fsp3) is 0.111. The average molecular weight is 219 g/mol. The number of pyridine rings is 1. The number of hydrazine groups is 1. The molecule has 82 valence electrons. The van der Waals surface area contributed by atoms with Crippen LogP contribution in [0.4, 0.5) is 0 Å². The Morgan fingerprint density at radius 3 is 2.88 bits per heavy atom. The third-order valence-corrected chi connectivity index (χ3v) is 1.82. The highest BCUT2D eigenvalue weighted by Gasteiger charge is 2.11. The van der Waals surface area contributed by atoms with Crippen LogP contribution < -0.4 is 10.9 Å². The van der Waals surface area contributed by atoms with E-state index in [1.807, 2.05) is 0 Å². The van der Waals surface area contributed by atoms with Gasteiger partial charge in [0.15, 0.2) is 5.65 Å². The summed E-state index contributed by atoms with van der Waals surface area (Å²) in [7, 11) is 0. The van der Waals surface area contributed by atoms with Gasteiger partial charge in [-0.1, -0.05) is 0 Å². The Labute approximate surface area is 90.2 Å². The molecular formula is C9H9N5O2. The van der Waals surface area contributed by atoms with E-state index in [-0.39, 0.29) is 11.7 Å². The van der Waals surface area contributed by atoms with Gasteiger partial charge >= 0.3 is 5.91 Å². The van der Waals surface area contributed by atoms with Crippen molar-refractivity contribution in [3.63, 3.8) is 0 Å². The van der Waals surface area contributed by atoms with E-state index in [1.54, 1.807) is 18.3 Å². The van der Waals surface area contributed by atoms with E-state index in [1.165, 1.54) is 6.92 Å². The molecule has 2 aromatic heterocycles. The predicted molar refractivity (Wildman–Crippen MR) is 55.2 cm³/mol. The summed E-state index contributed by atoms with van der Waals surface area (Å²) in [4.78, 5) is 32.8. The Balaban J connectivity index is 2.20. The van der Waals surface area contributed by atoms with Crippen LogP contribution in [-0.2, 0) is 4.79 Å². The minimum Gasteiger partial charge on any atom is -0.332 e. The highest BCUT2D eigenvalue weighted by atomic mass is 16.2. The number of carbonyl (C=O) groups is 2. The van der Waals surface area contributed by atoms with Crippen LogP contribution in [0.15, 0.2) is 18.3 Å². The molecule has 0 bridgehead atoms. The van der Waals surface area contributed by atoms with Gasteiger partial charge in [-0.15, -0.1) is 0 Å². The van der Waals surface area contributed by atoms with Crippen LogP contribution in [0.5, 0.6) is 0 Å². The van der Waals surface area contributed by atoms with Gasteiger partial charge in [0.2, 0.25) is 11.7 Å². The van der Waals surface area contributed by atoms with Gasteiger partial charge in [0.25, 0.3) is 0 Å². The Morgan fingerprint density at radius 2 is 2.19 bits per heavy atom.